The average molecular weight is 163 g/mol. The van der Waals surface area contributed by atoms with E-state index in [1.807, 2.05) is 0 Å². The molecule has 0 aliphatic carbocycles. The fraction of sp³-hybridized carbons (Fsp3) is 1.00. The molecule has 0 atom stereocenters. The third kappa shape index (κ3) is 1.50. The van der Waals surface area contributed by atoms with Gasteiger partial charge in [0.2, 0.25) is 0 Å². The highest BCUT2D eigenvalue weighted by Gasteiger charge is 2.15. The van der Waals surface area contributed by atoms with Crippen molar-refractivity contribution in [1.82, 2.24) is 13.9 Å². The summed E-state index contributed by atoms with van der Waals surface area (Å²) in [6, 6.07) is 0. The van der Waals surface area contributed by atoms with Crippen molar-refractivity contribution in [2.24, 2.45) is 0 Å². The molecular weight excluding hydrogens is 150 g/mol. The summed E-state index contributed by atoms with van der Waals surface area (Å²) in [6.45, 7) is 2.38. The number of rotatable bonds is 1. The average Bonchev–Trinajstić information content (AvgIpc) is 2.12. The van der Waals surface area contributed by atoms with Crippen LogP contribution in [0, 0.1) is 0 Å². The van der Waals surface area contributed by atoms with Crippen LogP contribution in [-0.2, 0) is 0 Å². The number of nitrogens with zero attached hydrogens (tertiary/aromatic N) is 1. The van der Waals surface area contributed by atoms with E-state index < -0.39 is 9.28 Å². The molecule has 0 aromatic rings. The molecule has 48 valence electrons. The Bertz CT molecular complexity index is 70.9. The molecule has 2 N–H and O–H groups in total. The molecule has 8 heavy (non-hydrogen) atoms. The van der Waals surface area contributed by atoms with Crippen LogP contribution in [0.5, 0.6) is 0 Å². The molecule has 0 spiro atoms. The van der Waals surface area contributed by atoms with Crippen LogP contribution in [-0.4, -0.2) is 47.1 Å². The van der Waals surface area contributed by atoms with Crippen LogP contribution in [0.15, 0.2) is 0 Å². The third-order valence-corrected chi connectivity index (χ3v) is 6.80. The van der Waals surface area contributed by atoms with Gasteiger partial charge in [0.05, 0.1) is 20.8 Å². The molecular formula is C2H13N3Si3. The van der Waals surface area contributed by atoms with Crippen molar-refractivity contribution in [3.8, 4) is 0 Å². The van der Waals surface area contributed by atoms with E-state index in [2.05, 4.69) is 13.9 Å². The molecule has 1 rings (SSSR count). The lowest BCUT2D eigenvalue weighted by Crippen LogP contribution is -2.51. The van der Waals surface area contributed by atoms with Crippen LogP contribution < -0.4 is 9.96 Å². The Hall–Kier alpha value is 0.531. The number of hydrogen-bond acceptors (Lipinski definition) is 3. The maximum atomic E-state index is 3.48. The van der Waals surface area contributed by atoms with Crippen LogP contribution in [0.1, 0.15) is 0 Å². The van der Waals surface area contributed by atoms with Crippen molar-refractivity contribution in [3.63, 3.8) is 0 Å². The zero-order chi connectivity index (χ0) is 5.98. The molecule has 1 aliphatic heterocycles. The summed E-state index contributed by atoms with van der Waals surface area (Å²) < 4.78 is 2.53. The minimum atomic E-state index is -0.698. The van der Waals surface area contributed by atoms with Crippen molar-refractivity contribution >= 4 is 30.1 Å². The largest absolute Gasteiger partial charge is 0.361 e. The van der Waals surface area contributed by atoms with E-state index in [0.717, 1.165) is 0 Å². The van der Waals surface area contributed by atoms with Gasteiger partial charge in [-0.3, -0.25) is 0 Å². The summed E-state index contributed by atoms with van der Waals surface area (Å²) in [5.41, 5.74) is 0. The van der Waals surface area contributed by atoms with Gasteiger partial charge in [-0.05, 0) is 0 Å². The van der Waals surface area contributed by atoms with E-state index in [-0.39, 0.29) is 0 Å². The van der Waals surface area contributed by atoms with E-state index in [9.17, 15) is 0 Å². The molecule has 0 radical (unpaired) electrons. The normalized spacial score (nSPS) is 23.6. The smallest absolute Gasteiger partial charge is 0.252 e. The lowest BCUT2D eigenvalue weighted by atomic mass is 10.7. The van der Waals surface area contributed by atoms with Crippen molar-refractivity contribution in [3.05, 3.63) is 0 Å². The lowest BCUT2D eigenvalue weighted by molar-refractivity contribution is 0.942. The molecule has 1 aliphatic rings. The second-order valence-electron chi connectivity index (χ2n) is 2.27. The van der Waals surface area contributed by atoms with E-state index in [0.29, 0.717) is 0 Å². The predicted molar refractivity (Wildman–Crippen MR) is 44.9 cm³/mol. The van der Waals surface area contributed by atoms with Crippen LogP contribution >= 0.6 is 0 Å². The first-order valence-electron chi connectivity index (χ1n) is 2.94. The maximum absolute atomic E-state index is 3.48. The molecule has 1 saturated heterocycles. The van der Waals surface area contributed by atoms with Gasteiger partial charge in [-0.15, -0.1) is 0 Å². The second kappa shape index (κ2) is 2.90. The summed E-state index contributed by atoms with van der Waals surface area (Å²) in [5.74, 6) is 0. The first kappa shape index (κ1) is 6.65. The molecule has 6 heteroatoms. The van der Waals surface area contributed by atoms with Gasteiger partial charge in [0.1, 0.15) is 0 Å². The van der Waals surface area contributed by atoms with Crippen molar-refractivity contribution in [2.75, 3.05) is 13.1 Å². The van der Waals surface area contributed by atoms with Crippen molar-refractivity contribution < 1.29 is 0 Å². The van der Waals surface area contributed by atoms with E-state index in [1.54, 1.807) is 0 Å². The molecule has 0 aromatic heterocycles. The van der Waals surface area contributed by atoms with Gasteiger partial charge in [0.15, 0.2) is 0 Å². The molecule has 1 fully saturated rings. The zero-order valence-corrected chi connectivity index (χ0v) is 10.6. The number of hydrogen-bond donors (Lipinski definition) is 2. The minimum absolute atomic E-state index is 0.698. The molecule has 3 nitrogen and oxygen atoms in total. The van der Waals surface area contributed by atoms with Crippen molar-refractivity contribution in [1.29, 1.82) is 0 Å². The monoisotopic (exact) mass is 163 g/mol. The van der Waals surface area contributed by atoms with Gasteiger partial charge in [-0.1, -0.05) is 0 Å². The third-order valence-electron chi connectivity index (χ3n) is 1.32. The second-order valence-corrected chi connectivity index (χ2v) is 11.6. The Labute approximate surface area is 57.7 Å². The lowest BCUT2D eigenvalue weighted by Gasteiger charge is -2.16. The first-order chi connectivity index (χ1) is 3.80. The Morgan fingerprint density at radius 2 is 1.75 bits per heavy atom. The topological polar surface area (TPSA) is 27.3 Å². The van der Waals surface area contributed by atoms with Gasteiger partial charge in [0.25, 0.3) is 9.28 Å². The Balaban J connectivity index is 2.24. The molecule has 0 bridgehead atoms. The highest BCUT2D eigenvalue weighted by atomic mass is 28.4. The Morgan fingerprint density at radius 3 is 2.00 bits per heavy atom. The Morgan fingerprint density at radius 1 is 1.25 bits per heavy atom. The molecule has 0 aromatic carbocycles. The molecule has 0 unspecified atom stereocenters. The van der Waals surface area contributed by atoms with Crippen LogP contribution in [0.25, 0.3) is 0 Å². The summed E-state index contributed by atoms with van der Waals surface area (Å²) in [4.78, 5) is 6.96. The van der Waals surface area contributed by atoms with Gasteiger partial charge in [-0.25, -0.2) is 0 Å². The summed E-state index contributed by atoms with van der Waals surface area (Å²) in [7, 11) is 1.79. The van der Waals surface area contributed by atoms with E-state index in [1.165, 1.54) is 33.9 Å². The first-order valence-corrected chi connectivity index (χ1v) is 6.40. The SMILES string of the molecule is [SiH3]N([SiH3])[SiH]1NCCN1. The fourth-order valence-corrected chi connectivity index (χ4v) is 4.76. The highest BCUT2D eigenvalue weighted by Crippen LogP contribution is 1.80. The zero-order valence-electron chi connectivity index (χ0n) is 5.44. The summed E-state index contributed by atoms with van der Waals surface area (Å²) in [5, 5.41) is 0. The Kier molecular flexibility index (Phi) is 2.41. The summed E-state index contributed by atoms with van der Waals surface area (Å²) >= 11 is 0. The highest BCUT2D eigenvalue weighted by molar-refractivity contribution is 6.64. The maximum Gasteiger partial charge on any atom is 0.252 e. The predicted octanol–water partition coefficient (Wildman–Crippen LogP) is -4.24. The van der Waals surface area contributed by atoms with Crippen LogP contribution in [0.2, 0.25) is 0 Å². The molecule has 0 saturated carbocycles. The minimum Gasteiger partial charge on any atom is -0.361 e. The van der Waals surface area contributed by atoms with Gasteiger partial charge in [0, 0.05) is 13.1 Å². The van der Waals surface area contributed by atoms with E-state index >= 15 is 0 Å². The van der Waals surface area contributed by atoms with E-state index in [4.69, 9.17) is 0 Å². The number of nitrogens with one attached hydrogen (secondary N) is 2. The molecule has 1 heterocycles. The summed E-state index contributed by atoms with van der Waals surface area (Å²) in [6.07, 6.45) is 0. The molecule has 0 amide bonds. The van der Waals surface area contributed by atoms with Crippen molar-refractivity contribution in [2.45, 2.75) is 0 Å². The standard InChI is InChI=1S/C2H13N3Si3/c6-5(7)8-3-1-2-4-8/h3-4,8H,1-2H2,6-7H3. The van der Waals surface area contributed by atoms with Crippen LogP contribution in [0.3, 0.4) is 0 Å². The van der Waals surface area contributed by atoms with Gasteiger partial charge in [-0.2, -0.15) is 0 Å². The fourth-order valence-electron chi connectivity index (χ4n) is 0.855. The van der Waals surface area contributed by atoms with Crippen LogP contribution in [0.4, 0.5) is 0 Å². The van der Waals surface area contributed by atoms with Gasteiger partial charge < -0.3 is 13.9 Å². The quantitative estimate of drug-likeness (QED) is 0.384. The van der Waals surface area contributed by atoms with Gasteiger partial charge >= 0.3 is 0 Å².